The molecule has 0 radical (unpaired) electrons. The fourth-order valence-corrected chi connectivity index (χ4v) is 3.70. The fourth-order valence-electron chi connectivity index (χ4n) is 3.70. The average Bonchev–Trinajstić information content (AvgIpc) is 2.73. The molecule has 166 valence electrons. The van der Waals surface area contributed by atoms with Gasteiger partial charge in [0, 0.05) is 12.8 Å². The Kier molecular flexibility index (Phi) is 7.14. The summed E-state index contributed by atoms with van der Waals surface area (Å²) in [4.78, 5) is 26.0. The van der Waals surface area contributed by atoms with E-state index in [0.29, 0.717) is 12.8 Å². The van der Waals surface area contributed by atoms with Gasteiger partial charge in [-0.05, 0) is 51.0 Å². The average molecular weight is 431 g/mol. The first kappa shape index (κ1) is 23.3. The Labute approximate surface area is 190 Å². The maximum Gasteiger partial charge on any atom is 0.339 e. The van der Waals surface area contributed by atoms with E-state index in [4.69, 9.17) is 9.47 Å². The highest BCUT2D eigenvalue weighted by Gasteiger charge is 2.30. The van der Waals surface area contributed by atoms with Crippen molar-refractivity contribution in [1.82, 2.24) is 0 Å². The maximum atomic E-state index is 13.0. The molecule has 0 aliphatic heterocycles. The SMILES string of the molecule is CC(C)(Cc1ccccc1)OC(=O)c1ccccc1C(=O)OC(C)(C)Cc1ccccc1. The quantitative estimate of drug-likeness (QED) is 0.409. The largest absolute Gasteiger partial charge is 0.456 e. The molecule has 3 rings (SSSR count). The molecule has 32 heavy (non-hydrogen) atoms. The lowest BCUT2D eigenvalue weighted by Gasteiger charge is -2.27. The number of carbonyl (C=O) groups is 2. The third-order valence-corrected chi connectivity index (χ3v) is 5.05. The highest BCUT2D eigenvalue weighted by atomic mass is 16.6. The van der Waals surface area contributed by atoms with Crippen LogP contribution in [0, 0.1) is 0 Å². The molecule has 0 unspecified atom stereocenters. The molecular weight excluding hydrogens is 400 g/mol. The third kappa shape index (κ3) is 6.55. The lowest BCUT2D eigenvalue weighted by atomic mass is 9.97. The van der Waals surface area contributed by atoms with Gasteiger partial charge in [0.2, 0.25) is 0 Å². The second kappa shape index (κ2) is 9.82. The molecule has 3 aromatic carbocycles. The van der Waals surface area contributed by atoms with Gasteiger partial charge >= 0.3 is 11.9 Å². The number of hydrogen-bond acceptors (Lipinski definition) is 4. The summed E-state index contributed by atoms with van der Waals surface area (Å²) in [6.45, 7) is 7.45. The van der Waals surface area contributed by atoms with Crippen LogP contribution < -0.4 is 0 Å². The molecule has 0 bridgehead atoms. The summed E-state index contributed by atoms with van der Waals surface area (Å²) in [7, 11) is 0. The van der Waals surface area contributed by atoms with Crippen LogP contribution in [0.4, 0.5) is 0 Å². The zero-order valence-corrected chi connectivity index (χ0v) is 19.1. The van der Waals surface area contributed by atoms with E-state index in [-0.39, 0.29) is 11.1 Å². The predicted octanol–water partition coefficient (Wildman–Crippen LogP) is 6.04. The highest BCUT2D eigenvalue weighted by Crippen LogP contribution is 2.23. The van der Waals surface area contributed by atoms with Gasteiger partial charge in [0.15, 0.2) is 0 Å². The molecule has 0 spiro atoms. The summed E-state index contributed by atoms with van der Waals surface area (Å²) in [5, 5.41) is 0. The molecule has 0 aromatic heterocycles. The van der Waals surface area contributed by atoms with Crippen LogP contribution in [0.25, 0.3) is 0 Å². The van der Waals surface area contributed by atoms with E-state index in [1.807, 2.05) is 88.4 Å². The molecule has 4 nitrogen and oxygen atoms in total. The van der Waals surface area contributed by atoms with Crippen molar-refractivity contribution in [3.05, 3.63) is 107 Å². The first-order valence-corrected chi connectivity index (χ1v) is 10.8. The van der Waals surface area contributed by atoms with Gasteiger partial charge in [-0.15, -0.1) is 0 Å². The summed E-state index contributed by atoms with van der Waals surface area (Å²) in [5.74, 6) is -1.08. The Bertz CT molecular complexity index is 967. The van der Waals surface area contributed by atoms with Crippen LogP contribution >= 0.6 is 0 Å². The molecule has 0 saturated carbocycles. The van der Waals surface area contributed by atoms with Crippen molar-refractivity contribution in [2.75, 3.05) is 0 Å². The number of hydrogen-bond donors (Lipinski definition) is 0. The molecule has 0 heterocycles. The first-order chi connectivity index (χ1) is 15.2. The van der Waals surface area contributed by atoms with Gasteiger partial charge < -0.3 is 9.47 Å². The van der Waals surface area contributed by atoms with Crippen molar-refractivity contribution >= 4 is 11.9 Å². The van der Waals surface area contributed by atoms with Gasteiger partial charge in [0.25, 0.3) is 0 Å². The van der Waals surface area contributed by atoms with E-state index in [9.17, 15) is 9.59 Å². The van der Waals surface area contributed by atoms with Gasteiger partial charge in [-0.25, -0.2) is 9.59 Å². The van der Waals surface area contributed by atoms with Crippen LogP contribution in [-0.2, 0) is 22.3 Å². The van der Waals surface area contributed by atoms with Crippen molar-refractivity contribution in [3.8, 4) is 0 Å². The molecule has 0 amide bonds. The topological polar surface area (TPSA) is 52.6 Å². The van der Waals surface area contributed by atoms with Crippen LogP contribution in [-0.4, -0.2) is 23.1 Å². The van der Waals surface area contributed by atoms with Crippen LogP contribution in [0.1, 0.15) is 59.5 Å². The maximum absolute atomic E-state index is 13.0. The second-order valence-electron chi connectivity index (χ2n) is 9.17. The Hall–Kier alpha value is -3.40. The van der Waals surface area contributed by atoms with E-state index in [2.05, 4.69) is 0 Å². The van der Waals surface area contributed by atoms with Crippen LogP contribution in [0.15, 0.2) is 84.9 Å². The lowest BCUT2D eigenvalue weighted by molar-refractivity contribution is -0.00559. The molecular formula is C28H30O4. The van der Waals surface area contributed by atoms with Crippen LogP contribution in [0.3, 0.4) is 0 Å². The molecule has 3 aromatic rings. The van der Waals surface area contributed by atoms with E-state index in [0.717, 1.165) is 11.1 Å². The van der Waals surface area contributed by atoms with Gasteiger partial charge in [-0.2, -0.15) is 0 Å². The molecule has 0 saturated heterocycles. The first-order valence-electron chi connectivity index (χ1n) is 10.8. The number of carbonyl (C=O) groups excluding carboxylic acids is 2. The molecule has 0 N–H and O–H groups in total. The standard InChI is InChI=1S/C28H30O4/c1-27(2,19-21-13-7-5-8-14-21)31-25(29)23-17-11-12-18-24(23)26(30)32-28(3,4)20-22-15-9-6-10-16-22/h5-18H,19-20H2,1-4H3. The minimum absolute atomic E-state index is 0.203. The van der Waals surface area contributed by atoms with E-state index >= 15 is 0 Å². The predicted molar refractivity (Wildman–Crippen MR) is 126 cm³/mol. The number of benzene rings is 3. The summed E-state index contributed by atoms with van der Waals surface area (Å²) in [6, 6.07) is 26.3. The van der Waals surface area contributed by atoms with Crippen molar-refractivity contribution < 1.29 is 19.1 Å². The second-order valence-corrected chi connectivity index (χ2v) is 9.17. The molecule has 0 atom stereocenters. The summed E-state index contributed by atoms with van der Waals surface area (Å²) in [5.41, 5.74) is 1.08. The summed E-state index contributed by atoms with van der Waals surface area (Å²) < 4.78 is 11.6. The minimum Gasteiger partial charge on any atom is -0.456 e. The Balaban J connectivity index is 1.73. The highest BCUT2D eigenvalue weighted by molar-refractivity contribution is 6.03. The Morgan fingerprint density at radius 3 is 1.22 bits per heavy atom. The van der Waals surface area contributed by atoms with Gasteiger partial charge in [0.05, 0.1) is 11.1 Å². The molecule has 0 aliphatic rings. The van der Waals surface area contributed by atoms with Crippen LogP contribution in [0.2, 0.25) is 0 Å². The lowest BCUT2D eigenvalue weighted by Crippen LogP contribution is -2.33. The van der Waals surface area contributed by atoms with Crippen molar-refractivity contribution in [2.45, 2.75) is 51.7 Å². The van der Waals surface area contributed by atoms with Crippen LogP contribution in [0.5, 0.6) is 0 Å². The molecule has 0 fully saturated rings. The fraction of sp³-hybridized carbons (Fsp3) is 0.286. The molecule has 4 heteroatoms. The van der Waals surface area contributed by atoms with Crippen molar-refractivity contribution in [3.63, 3.8) is 0 Å². The Morgan fingerprint density at radius 2 is 0.875 bits per heavy atom. The summed E-state index contributed by atoms with van der Waals surface area (Å²) in [6.07, 6.45) is 1.13. The van der Waals surface area contributed by atoms with E-state index in [1.54, 1.807) is 24.3 Å². The van der Waals surface area contributed by atoms with Gasteiger partial charge in [0.1, 0.15) is 11.2 Å². The van der Waals surface area contributed by atoms with Gasteiger partial charge in [-0.1, -0.05) is 72.8 Å². The van der Waals surface area contributed by atoms with Crippen molar-refractivity contribution in [2.24, 2.45) is 0 Å². The number of esters is 2. The normalized spacial score (nSPS) is 11.6. The minimum atomic E-state index is -0.734. The van der Waals surface area contributed by atoms with Gasteiger partial charge in [-0.3, -0.25) is 0 Å². The zero-order valence-electron chi connectivity index (χ0n) is 19.1. The van der Waals surface area contributed by atoms with E-state index < -0.39 is 23.1 Å². The molecule has 0 aliphatic carbocycles. The number of rotatable bonds is 8. The number of ether oxygens (including phenoxy) is 2. The monoisotopic (exact) mass is 430 g/mol. The van der Waals surface area contributed by atoms with Crippen molar-refractivity contribution in [1.29, 1.82) is 0 Å². The third-order valence-electron chi connectivity index (χ3n) is 5.05. The van der Waals surface area contributed by atoms with E-state index in [1.165, 1.54) is 0 Å². The summed E-state index contributed by atoms with van der Waals surface area (Å²) >= 11 is 0. The zero-order chi connectivity index (χ0) is 23.2. The smallest absolute Gasteiger partial charge is 0.339 e. The Morgan fingerprint density at radius 1 is 0.562 bits per heavy atom.